The van der Waals surface area contributed by atoms with E-state index in [2.05, 4.69) is 17.1 Å². The van der Waals surface area contributed by atoms with Crippen molar-refractivity contribution in [2.24, 2.45) is 5.92 Å². The number of carboxylic acid groups (broad SMARTS) is 1. The fraction of sp³-hybridized carbons (Fsp3) is 0.923. The van der Waals surface area contributed by atoms with E-state index in [9.17, 15) is 9.90 Å². The Kier molecular flexibility index (Phi) is 5.40. The molecule has 0 spiro atoms. The third-order valence-electron chi connectivity index (χ3n) is 4.06. The zero-order valence-corrected chi connectivity index (χ0v) is 11.3. The lowest BCUT2D eigenvalue weighted by molar-refractivity contribution is -0.144. The highest BCUT2D eigenvalue weighted by Crippen LogP contribution is 2.18. The number of rotatable bonds is 5. The first-order valence-corrected chi connectivity index (χ1v) is 6.62. The van der Waals surface area contributed by atoms with Gasteiger partial charge in [0.1, 0.15) is 5.54 Å². The van der Waals surface area contributed by atoms with Crippen LogP contribution in [-0.4, -0.2) is 48.2 Å². The zero-order valence-electron chi connectivity index (χ0n) is 11.3. The minimum absolute atomic E-state index is 0.660. The number of likely N-dealkylation sites (N-methyl/N-ethyl adjacent to an activating group) is 1. The van der Waals surface area contributed by atoms with Crippen LogP contribution >= 0.6 is 0 Å². The van der Waals surface area contributed by atoms with E-state index in [-0.39, 0.29) is 0 Å². The second kappa shape index (κ2) is 6.36. The molecular weight excluding hydrogens is 216 g/mol. The maximum Gasteiger partial charge on any atom is 0.323 e. The Morgan fingerprint density at radius 3 is 2.76 bits per heavy atom. The number of carbonyl (C=O) groups is 1. The van der Waals surface area contributed by atoms with Crippen LogP contribution < -0.4 is 5.32 Å². The van der Waals surface area contributed by atoms with Crippen molar-refractivity contribution < 1.29 is 9.90 Å². The molecule has 1 rings (SSSR count). The van der Waals surface area contributed by atoms with E-state index in [0.717, 1.165) is 25.6 Å². The van der Waals surface area contributed by atoms with E-state index in [0.29, 0.717) is 6.42 Å². The number of aliphatic carboxylic acids is 1. The lowest BCUT2D eigenvalue weighted by atomic mass is 9.98. The van der Waals surface area contributed by atoms with Gasteiger partial charge in [0.2, 0.25) is 0 Å². The van der Waals surface area contributed by atoms with E-state index in [4.69, 9.17) is 0 Å². The van der Waals surface area contributed by atoms with Crippen LogP contribution in [0.2, 0.25) is 0 Å². The van der Waals surface area contributed by atoms with Crippen LogP contribution in [0.25, 0.3) is 0 Å². The molecule has 0 saturated carbocycles. The molecule has 1 heterocycles. The largest absolute Gasteiger partial charge is 0.480 e. The predicted molar refractivity (Wildman–Crippen MR) is 69.2 cm³/mol. The Balaban J connectivity index is 2.41. The van der Waals surface area contributed by atoms with Gasteiger partial charge in [-0.25, -0.2) is 0 Å². The fourth-order valence-electron chi connectivity index (χ4n) is 2.27. The summed E-state index contributed by atoms with van der Waals surface area (Å²) >= 11 is 0. The first kappa shape index (κ1) is 14.5. The highest BCUT2D eigenvalue weighted by atomic mass is 16.4. The van der Waals surface area contributed by atoms with Crippen molar-refractivity contribution in [3.8, 4) is 0 Å². The molecule has 17 heavy (non-hydrogen) atoms. The Hall–Kier alpha value is -0.610. The van der Waals surface area contributed by atoms with Crippen molar-refractivity contribution in [3.63, 3.8) is 0 Å². The number of carboxylic acids is 1. The summed E-state index contributed by atoms with van der Waals surface area (Å²) in [6.07, 6.45) is 4.44. The van der Waals surface area contributed by atoms with Gasteiger partial charge in [-0.05, 0) is 58.7 Å². The minimum atomic E-state index is -0.794. The fourth-order valence-corrected chi connectivity index (χ4v) is 2.27. The molecular formula is C13H26N2O2. The normalized spacial score (nSPS) is 26.2. The molecule has 0 aliphatic carbocycles. The highest BCUT2D eigenvalue weighted by molar-refractivity contribution is 5.78. The van der Waals surface area contributed by atoms with E-state index in [1.54, 1.807) is 14.0 Å². The SMILES string of the molecule is CNC(C)(CCN1CCCC(C)CC1)C(=O)O. The second-order valence-electron chi connectivity index (χ2n) is 5.51. The third kappa shape index (κ3) is 4.28. The van der Waals surface area contributed by atoms with E-state index >= 15 is 0 Å². The lowest BCUT2D eigenvalue weighted by Gasteiger charge is -2.28. The smallest absolute Gasteiger partial charge is 0.323 e. The molecule has 0 aromatic carbocycles. The molecule has 0 radical (unpaired) electrons. The van der Waals surface area contributed by atoms with Gasteiger partial charge >= 0.3 is 5.97 Å². The van der Waals surface area contributed by atoms with Crippen LogP contribution in [0.4, 0.5) is 0 Å². The molecule has 2 unspecified atom stereocenters. The first-order chi connectivity index (χ1) is 7.98. The molecule has 0 amide bonds. The highest BCUT2D eigenvalue weighted by Gasteiger charge is 2.31. The van der Waals surface area contributed by atoms with Crippen LogP contribution in [0.1, 0.15) is 39.5 Å². The van der Waals surface area contributed by atoms with Gasteiger partial charge in [-0.1, -0.05) is 6.92 Å². The van der Waals surface area contributed by atoms with Crippen LogP contribution in [0.3, 0.4) is 0 Å². The van der Waals surface area contributed by atoms with Gasteiger partial charge in [-0.3, -0.25) is 4.79 Å². The van der Waals surface area contributed by atoms with Gasteiger partial charge < -0.3 is 15.3 Å². The standard InChI is InChI=1S/C13H26N2O2/c1-11-5-4-8-15(9-6-11)10-7-13(2,14-3)12(16)17/h11,14H,4-10H2,1-3H3,(H,16,17). The monoisotopic (exact) mass is 242 g/mol. The van der Waals surface area contributed by atoms with Crippen molar-refractivity contribution in [2.75, 3.05) is 26.7 Å². The molecule has 2 atom stereocenters. The number of hydrogen-bond donors (Lipinski definition) is 2. The summed E-state index contributed by atoms with van der Waals surface area (Å²) in [6.45, 7) is 7.16. The van der Waals surface area contributed by atoms with E-state index < -0.39 is 11.5 Å². The van der Waals surface area contributed by atoms with Crippen LogP contribution in [0.15, 0.2) is 0 Å². The summed E-state index contributed by atoms with van der Waals surface area (Å²) in [4.78, 5) is 13.6. The Morgan fingerprint density at radius 1 is 1.47 bits per heavy atom. The average Bonchev–Trinajstić information content (AvgIpc) is 2.50. The third-order valence-corrected chi connectivity index (χ3v) is 4.06. The summed E-state index contributed by atoms with van der Waals surface area (Å²) in [6, 6.07) is 0. The predicted octanol–water partition coefficient (Wildman–Crippen LogP) is 1.56. The molecule has 0 bridgehead atoms. The summed E-state index contributed by atoms with van der Waals surface area (Å²) in [5.74, 6) is 0.0540. The van der Waals surface area contributed by atoms with Gasteiger partial charge in [0, 0.05) is 6.54 Å². The molecule has 2 N–H and O–H groups in total. The molecule has 4 nitrogen and oxygen atoms in total. The Morgan fingerprint density at radius 2 is 2.18 bits per heavy atom. The number of nitrogens with one attached hydrogen (secondary N) is 1. The number of hydrogen-bond acceptors (Lipinski definition) is 3. The maximum absolute atomic E-state index is 11.2. The van der Waals surface area contributed by atoms with Crippen molar-refractivity contribution in [3.05, 3.63) is 0 Å². The van der Waals surface area contributed by atoms with Crippen LogP contribution in [-0.2, 0) is 4.79 Å². The summed E-state index contributed by atoms with van der Waals surface area (Å²) in [7, 11) is 1.72. The maximum atomic E-state index is 11.2. The van der Waals surface area contributed by atoms with Crippen molar-refractivity contribution in [1.82, 2.24) is 10.2 Å². The van der Waals surface area contributed by atoms with Crippen LogP contribution in [0.5, 0.6) is 0 Å². The van der Waals surface area contributed by atoms with Gasteiger partial charge in [0.05, 0.1) is 0 Å². The van der Waals surface area contributed by atoms with Gasteiger partial charge in [-0.2, -0.15) is 0 Å². The number of nitrogens with zero attached hydrogens (tertiary/aromatic N) is 1. The summed E-state index contributed by atoms with van der Waals surface area (Å²) < 4.78 is 0. The quantitative estimate of drug-likeness (QED) is 0.768. The second-order valence-corrected chi connectivity index (χ2v) is 5.51. The molecule has 1 aliphatic rings. The Labute approximate surface area is 104 Å². The van der Waals surface area contributed by atoms with E-state index in [1.165, 1.54) is 19.3 Å². The molecule has 100 valence electrons. The van der Waals surface area contributed by atoms with Crippen LogP contribution in [0, 0.1) is 5.92 Å². The lowest BCUT2D eigenvalue weighted by Crippen LogP contribution is -2.49. The first-order valence-electron chi connectivity index (χ1n) is 6.62. The molecule has 1 fully saturated rings. The average molecular weight is 242 g/mol. The van der Waals surface area contributed by atoms with Gasteiger partial charge in [0.15, 0.2) is 0 Å². The van der Waals surface area contributed by atoms with E-state index in [1.807, 2.05) is 0 Å². The number of likely N-dealkylation sites (tertiary alicyclic amines) is 1. The molecule has 1 saturated heterocycles. The van der Waals surface area contributed by atoms with Crippen molar-refractivity contribution in [1.29, 1.82) is 0 Å². The molecule has 0 aromatic rings. The zero-order chi connectivity index (χ0) is 12.9. The Bertz CT molecular complexity index is 258. The molecule has 4 heteroatoms. The molecule has 1 aliphatic heterocycles. The minimum Gasteiger partial charge on any atom is -0.480 e. The van der Waals surface area contributed by atoms with Crippen molar-refractivity contribution in [2.45, 2.75) is 45.1 Å². The topological polar surface area (TPSA) is 52.6 Å². The van der Waals surface area contributed by atoms with Gasteiger partial charge in [-0.15, -0.1) is 0 Å². The molecule has 0 aromatic heterocycles. The summed E-state index contributed by atoms with van der Waals surface area (Å²) in [5, 5.41) is 12.1. The summed E-state index contributed by atoms with van der Waals surface area (Å²) in [5.41, 5.74) is -0.794. The van der Waals surface area contributed by atoms with Gasteiger partial charge in [0.25, 0.3) is 0 Å². The van der Waals surface area contributed by atoms with Crippen molar-refractivity contribution >= 4 is 5.97 Å².